The minimum atomic E-state index is 0.218. The van der Waals surface area contributed by atoms with E-state index in [1.807, 2.05) is 13.8 Å². The average Bonchev–Trinajstić information content (AvgIpc) is 1.89. The summed E-state index contributed by atoms with van der Waals surface area (Å²) in [6.07, 6.45) is 2.57. The third-order valence-corrected chi connectivity index (χ3v) is 1.14. The van der Waals surface area contributed by atoms with Gasteiger partial charge >= 0.3 is 0 Å². The number of carbonyl (C=O) groups is 1. The van der Waals surface area contributed by atoms with E-state index in [-0.39, 0.29) is 5.78 Å². The summed E-state index contributed by atoms with van der Waals surface area (Å²) < 4.78 is 5.05. The highest BCUT2D eigenvalue weighted by Gasteiger charge is 1.97. The topological polar surface area (TPSA) is 26.3 Å². The molecule has 0 atom stereocenters. The molecule has 0 heterocycles. The van der Waals surface area contributed by atoms with Gasteiger partial charge in [-0.1, -0.05) is 13.8 Å². The second-order valence-corrected chi connectivity index (χ2v) is 2.34. The van der Waals surface area contributed by atoms with Gasteiger partial charge in [-0.05, 0) is 12.8 Å². The molecule has 10 heavy (non-hydrogen) atoms. The third kappa shape index (κ3) is 5.76. The van der Waals surface area contributed by atoms with Crippen LogP contribution >= 0.6 is 0 Å². The maximum atomic E-state index is 10.8. The first-order valence-corrected chi connectivity index (χ1v) is 3.90. The zero-order valence-electron chi connectivity index (χ0n) is 6.85. The van der Waals surface area contributed by atoms with Gasteiger partial charge in [-0.15, -0.1) is 0 Å². The van der Waals surface area contributed by atoms with Gasteiger partial charge in [0.05, 0.1) is 0 Å². The third-order valence-electron chi connectivity index (χ3n) is 1.14. The fraction of sp³-hybridized carbons (Fsp3) is 0.875. The predicted molar refractivity (Wildman–Crippen MR) is 41.0 cm³/mol. The zero-order valence-corrected chi connectivity index (χ0v) is 6.85. The van der Waals surface area contributed by atoms with Gasteiger partial charge in [0.25, 0.3) is 0 Å². The summed E-state index contributed by atoms with van der Waals surface area (Å²) in [5.74, 6) is 0.218. The van der Waals surface area contributed by atoms with Crippen molar-refractivity contribution in [1.82, 2.24) is 0 Å². The van der Waals surface area contributed by atoms with Crippen molar-refractivity contribution in [2.45, 2.75) is 33.1 Å². The lowest BCUT2D eigenvalue weighted by Crippen LogP contribution is -2.08. The first-order valence-electron chi connectivity index (χ1n) is 3.90. The zero-order chi connectivity index (χ0) is 7.82. The van der Waals surface area contributed by atoms with Gasteiger partial charge in [-0.2, -0.15) is 0 Å². The Balaban J connectivity index is 3.05. The highest BCUT2D eigenvalue weighted by molar-refractivity contribution is 5.79. The summed E-state index contributed by atoms with van der Waals surface area (Å²) in [6, 6.07) is 0. The van der Waals surface area contributed by atoms with Crippen LogP contribution in [0.15, 0.2) is 0 Å². The molecule has 0 aromatic rings. The Morgan fingerprint density at radius 2 is 2.00 bits per heavy atom. The van der Waals surface area contributed by atoms with E-state index in [1.54, 1.807) is 0 Å². The van der Waals surface area contributed by atoms with Gasteiger partial charge in [0.2, 0.25) is 0 Å². The van der Waals surface area contributed by atoms with Gasteiger partial charge in [0, 0.05) is 13.0 Å². The van der Waals surface area contributed by atoms with Crippen LogP contribution < -0.4 is 0 Å². The van der Waals surface area contributed by atoms with Gasteiger partial charge in [-0.25, -0.2) is 0 Å². The highest BCUT2D eigenvalue weighted by Crippen LogP contribution is 1.90. The summed E-state index contributed by atoms with van der Waals surface area (Å²) in [5, 5.41) is 0. The number of carbonyl (C=O) groups excluding carboxylic acids is 1. The van der Waals surface area contributed by atoms with Crippen molar-refractivity contribution in [2.24, 2.45) is 0 Å². The van der Waals surface area contributed by atoms with Gasteiger partial charge < -0.3 is 4.74 Å². The highest BCUT2D eigenvalue weighted by atomic mass is 16.5. The molecule has 0 aliphatic heterocycles. The van der Waals surface area contributed by atoms with Crippen LogP contribution in [0.2, 0.25) is 0 Å². The van der Waals surface area contributed by atoms with Crippen LogP contribution in [0.4, 0.5) is 0 Å². The molecule has 0 N–H and O–H groups in total. The molecule has 0 rings (SSSR count). The fourth-order valence-electron chi connectivity index (χ4n) is 0.681. The molecule has 0 unspecified atom stereocenters. The maximum absolute atomic E-state index is 10.8. The number of hydrogen-bond donors (Lipinski definition) is 0. The Bertz CT molecular complexity index is 89.3. The lowest BCUT2D eigenvalue weighted by atomic mass is 10.2. The Morgan fingerprint density at radius 3 is 2.50 bits per heavy atom. The molecule has 0 aromatic heterocycles. The lowest BCUT2D eigenvalue weighted by molar-refractivity contribution is -0.123. The summed E-state index contributed by atoms with van der Waals surface area (Å²) >= 11 is 0. The average molecular weight is 144 g/mol. The van der Waals surface area contributed by atoms with Crippen LogP contribution in [0.25, 0.3) is 0 Å². The number of Topliss-reactive ketones (excluding diaryl/α,β-unsaturated/α-hetero) is 1. The largest absolute Gasteiger partial charge is 0.374 e. The Kier molecular flexibility index (Phi) is 6.50. The lowest BCUT2D eigenvalue weighted by Gasteiger charge is -1.99. The van der Waals surface area contributed by atoms with E-state index in [2.05, 4.69) is 0 Å². The van der Waals surface area contributed by atoms with Crippen molar-refractivity contribution in [3.05, 3.63) is 0 Å². The molecule has 60 valence electrons. The van der Waals surface area contributed by atoms with E-state index < -0.39 is 0 Å². The minimum absolute atomic E-state index is 0.218. The van der Waals surface area contributed by atoms with Gasteiger partial charge in [-0.3, -0.25) is 4.79 Å². The fourth-order valence-corrected chi connectivity index (χ4v) is 0.681. The van der Waals surface area contributed by atoms with Crippen LogP contribution in [0, 0.1) is 0 Å². The number of ether oxygens (including phenoxy) is 1. The SMILES string of the molecule is CCCOCC(=O)CCC. The van der Waals surface area contributed by atoms with Crippen molar-refractivity contribution in [3.8, 4) is 0 Å². The molecular weight excluding hydrogens is 128 g/mol. The summed E-state index contributed by atoms with van der Waals surface area (Å²) in [7, 11) is 0. The van der Waals surface area contributed by atoms with Gasteiger partial charge in [0.1, 0.15) is 6.61 Å². The maximum Gasteiger partial charge on any atom is 0.158 e. The first-order chi connectivity index (χ1) is 4.81. The van der Waals surface area contributed by atoms with E-state index >= 15 is 0 Å². The molecular formula is C8H16O2. The Hall–Kier alpha value is -0.370. The monoisotopic (exact) mass is 144 g/mol. The summed E-state index contributed by atoms with van der Waals surface area (Å²) in [4.78, 5) is 10.8. The van der Waals surface area contributed by atoms with Crippen LogP contribution in [0.1, 0.15) is 33.1 Å². The molecule has 2 heteroatoms. The molecule has 0 amide bonds. The molecule has 0 bridgehead atoms. The molecule has 0 saturated heterocycles. The van der Waals surface area contributed by atoms with Crippen LogP contribution in [0.3, 0.4) is 0 Å². The van der Waals surface area contributed by atoms with E-state index in [1.165, 1.54) is 0 Å². The molecule has 0 aliphatic carbocycles. The Morgan fingerprint density at radius 1 is 1.30 bits per heavy atom. The summed E-state index contributed by atoms with van der Waals surface area (Å²) in [5.41, 5.74) is 0. The van der Waals surface area contributed by atoms with Crippen LogP contribution in [0.5, 0.6) is 0 Å². The number of ketones is 1. The molecule has 0 aromatic carbocycles. The molecule has 0 spiro atoms. The minimum Gasteiger partial charge on any atom is -0.374 e. The second kappa shape index (κ2) is 6.75. The predicted octanol–water partition coefficient (Wildman–Crippen LogP) is 1.78. The summed E-state index contributed by atoms with van der Waals surface area (Å²) in [6.45, 7) is 5.04. The van der Waals surface area contributed by atoms with Crippen molar-refractivity contribution in [3.63, 3.8) is 0 Å². The molecule has 0 fully saturated rings. The van der Waals surface area contributed by atoms with Crippen molar-refractivity contribution in [1.29, 1.82) is 0 Å². The van der Waals surface area contributed by atoms with Crippen LogP contribution in [-0.4, -0.2) is 19.0 Å². The molecule has 0 aliphatic rings. The molecule has 0 radical (unpaired) electrons. The van der Waals surface area contributed by atoms with Crippen molar-refractivity contribution < 1.29 is 9.53 Å². The van der Waals surface area contributed by atoms with Crippen molar-refractivity contribution >= 4 is 5.78 Å². The van der Waals surface area contributed by atoms with Crippen molar-refractivity contribution in [2.75, 3.05) is 13.2 Å². The number of rotatable bonds is 6. The molecule has 2 nitrogen and oxygen atoms in total. The van der Waals surface area contributed by atoms with E-state index in [9.17, 15) is 4.79 Å². The second-order valence-electron chi connectivity index (χ2n) is 2.34. The van der Waals surface area contributed by atoms with E-state index in [0.29, 0.717) is 19.6 Å². The quantitative estimate of drug-likeness (QED) is 0.531. The van der Waals surface area contributed by atoms with E-state index in [4.69, 9.17) is 4.74 Å². The normalized spacial score (nSPS) is 9.80. The van der Waals surface area contributed by atoms with Crippen LogP contribution in [-0.2, 0) is 9.53 Å². The smallest absolute Gasteiger partial charge is 0.158 e. The first kappa shape index (κ1) is 9.63. The Labute approximate surface area is 62.6 Å². The molecule has 0 saturated carbocycles. The standard InChI is InChI=1S/C8H16O2/c1-3-5-8(9)7-10-6-4-2/h3-7H2,1-2H3. The van der Waals surface area contributed by atoms with E-state index in [0.717, 1.165) is 12.8 Å². The number of hydrogen-bond acceptors (Lipinski definition) is 2. The van der Waals surface area contributed by atoms with Gasteiger partial charge in [0.15, 0.2) is 5.78 Å².